The molecule has 0 saturated carbocycles. The standard InChI is InChI=1S/C16H15F2NOS/c1-2-19(12-8-9-14(17)15(18)10-12)16(20)11-21-13-6-4-3-5-7-13/h3-10H,2,11H2,1H3. The van der Waals surface area contributed by atoms with Gasteiger partial charge < -0.3 is 4.90 Å². The van der Waals surface area contributed by atoms with E-state index in [1.54, 1.807) is 6.92 Å². The Balaban J connectivity index is 2.06. The first-order valence-electron chi connectivity index (χ1n) is 6.55. The lowest BCUT2D eigenvalue weighted by Gasteiger charge is -2.21. The van der Waals surface area contributed by atoms with Gasteiger partial charge in [-0.05, 0) is 31.2 Å². The van der Waals surface area contributed by atoms with E-state index in [-0.39, 0.29) is 11.7 Å². The van der Waals surface area contributed by atoms with E-state index < -0.39 is 11.6 Å². The van der Waals surface area contributed by atoms with Gasteiger partial charge in [0.2, 0.25) is 5.91 Å². The van der Waals surface area contributed by atoms with Crippen LogP contribution in [-0.4, -0.2) is 18.2 Å². The molecular weight excluding hydrogens is 292 g/mol. The molecule has 2 aromatic carbocycles. The summed E-state index contributed by atoms with van der Waals surface area (Å²) in [7, 11) is 0. The number of rotatable bonds is 5. The van der Waals surface area contributed by atoms with E-state index >= 15 is 0 Å². The van der Waals surface area contributed by atoms with Crippen molar-refractivity contribution in [3.8, 4) is 0 Å². The molecule has 0 bridgehead atoms. The van der Waals surface area contributed by atoms with Crippen LogP contribution in [0.1, 0.15) is 6.92 Å². The monoisotopic (exact) mass is 307 g/mol. The lowest BCUT2D eigenvalue weighted by molar-refractivity contribution is -0.116. The molecule has 0 fully saturated rings. The molecule has 110 valence electrons. The average molecular weight is 307 g/mol. The minimum Gasteiger partial charge on any atom is -0.312 e. The lowest BCUT2D eigenvalue weighted by atomic mass is 10.2. The van der Waals surface area contributed by atoms with Crippen molar-refractivity contribution >= 4 is 23.4 Å². The van der Waals surface area contributed by atoms with E-state index in [1.165, 1.54) is 22.7 Å². The summed E-state index contributed by atoms with van der Waals surface area (Å²) in [6.45, 7) is 2.20. The van der Waals surface area contributed by atoms with Crippen LogP contribution in [0.4, 0.5) is 14.5 Å². The number of thioether (sulfide) groups is 1. The van der Waals surface area contributed by atoms with E-state index in [0.717, 1.165) is 17.0 Å². The topological polar surface area (TPSA) is 20.3 Å². The molecule has 0 aliphatic heterocycles. The average Bonchev–Trinajstić information content (AvgIpc) is 2.50. The molecule has 0 heterocycles. The first-order chi connectivity index (χ1) is 10.1. The van der Waals surface area contributed by atoms with Crippen LogP contribution in [-0.2, 0) is 4.79 Å². The molecule has 0 N–H and O–H groups in total. The second-order valence-corrected chi connectivity index (χ2v) is 5.39. The van der Waals surface area contributed by atoms with Crippen LogP contribution < -0.4 is 4.90 Å². The fraction of sp³-hybridized carbons (Fsp3) is 0.188. The van der Waals surface area contributed by atoms with Gasteiger partial charge in [0.25, 0.3) is 0 Å². The van der Waals surface area contributed by atoms with Gasteiger partial charge in [-0.15, -0.1) is 11.8 Å². The Morgan fingerprint density at radius 3 is 2.43 bits per heavy atom. The predicted molar refractivity (Wildman–Crippen MR) is 81.6 cm³/mol. The third-order valence-electron chi connectivity index (χ3n) is 2.94. The number of amides is 1. The number of halogens is 2. The molecule has 5 heteroatoms. The Bertz CT molecular complexity index is 619. The van der Waals surface area contributed by atoms with Crippen molar-refractivity contribution in [1.82, 2.24) is 0 Å². The maximum Gasteiger partial charge on any atom is 0.237 e. The Kier molecular flexibility index (Phi) is 5.33. The zero-order valence-electron chi connectivity index (χ0n) is 11.6. The highest BCUT2D eigenvalue weighted by molar-refractivity contribution is 8.00. The number of hydrogen-bond acceptors (Lipinski definition) is 2. The molecule has 0 saturated heterocycles. The molecule has 0 aliphatic carbocycles. The molecule has 2 rings (SSSR count). The van der Waals surface area contributed by atoms with Gasteiger partial charge >= 0.3 is 0 Å². The minimum absolute atomic E-state index is 0.141. The molecule has 0 aromatic heterocycles. The first kappa shape index (κ1) is 15.5. The molecular formula is C16H15F2NOS. The second-order valence-electron chi connectivity index (χ2n) is 4.34. The SMILES string of the molecule is CCN(C(=O)CSc1ccccc1)c1ccc(F)c(F)c1. The summed E-state index contributed by atoms with van der Waals surface area (Å²) in [5.41, 5.74) is 0.370. The van der Waals surface area contributed by atoms with Crippen LogP contribution in [0.5, 0.6) is 0 Å². The molecule has 0 unspecified atom stereocenters. The van der Waals surface area contributed by atoms with E-state index in [1.807, 2.05) is 30.3 Å². The third-order valence-corrected chi connectivity index (χ3v) is 3.93. The van der Waals surface area contributed by atoms with Gasteiger partial charge in [-0.25, -0.2) is 8.78 Å². The van der Waals surface area contributed by atoms with Gasteiger partial charge in [0.05, 0.1) is 5.75 Å². The first-order valence-corrected chi connectivity index (χ1v) is 7.53. The summed E-state index contributed by atoms with van der Waals surface area (Å²) in [5.74, 6) is -1.76. The van der Waals surface area contributed by atoms with E-state index in [2.05, 4.69) is 0 Å². The van der Waals surface area contributed by atoms with Crippen molar-refractivity contribution in [3.05, 3.63) is 60.2 Å². The molecule has 0 spiro atoms. The Labute approximate surface area is 126 Å². The van der Waals surface area contributed by atoms with Crippen molar-refractivity contribution in [3.63, 3.8) is 0 Å². The molecule has 0 radical (unpaired) electrons. The molecule has 0 aliphatic rings. The maximum absolute atomic E-state index is 13.3. The normalized spacial score (nSPS) is 10.4. The number of carbonyl (C=O) groups excluding carboxylic acids is 1. The number of nitrogens with zero attached hydrogens (tertiary/aromatic N) is 1. The zero-order chi connectivity index (χ0) is 15.2. The molecule has 2 nitrogen and oxygen atoms in total. The Morgan fingerprint density at radius 1 is 1.10 bits per heavy atom. The summed E-state index contributed by atoms with van der Waals surface area (Å²) in [6, 6.07) is 13.0. The largest absolute Gasteiger partial charge is 0.312 e. The van der Waals surface area contributed by atoms with E-state index in [9.17, 15) is 13.6 Å². The second kappa shape index (κ2) is 7.22. The van der Waals surface area contributed by atoms with E-state index in [4.69, 9.17) is 0 Å². The third kappa shape index (κ3) is 4.04. The number of anilines is 1. The van der Waals surface area contributed by atoms with Gasteiger partial charge in [0.1, 0.15) is 0 Å². The van der Waals surface area contributed by atoms with Gasteiger partial charge in [0.15, 0.2) is 11.6 Å². The zero-order valence-corrected chi connectivity index (χ0v) is 12.4. The highest BCUT2D eigenvalue weighted by Gasteiger charge is 2.15. The Hall–Kier alpha value is -1.88. The van der Waals surface area contributed by atoms with Crippen LogP contribution in [0.15, 0.2) is 53.4 Å². The summed E-state index contributed by atoms with van der Waals surface area (Å²) < 4.78 is 26.2. The fourth-order valence-electron chi connectivity index (χ4n) is 1.90. The summed E-state index contributed by atoms with van der Waals surface area (Å²) in [6.07, 6.45) is 0. The highest BCUT2D eigenvalue weighted by Crippen LogP contribution is 2.21. The van der Waals surface area contributed by atoms with Crippen molar-refractivity contribution in [2.75, 3.05) is 17.2 Å². The number of carbonyl (C=O) groups is 1. The number of hydrogen-bond donors (Lipinski definition) is 0. The van der Waals surface area contributed by atoms with Crippen molar-refractivity contribution < 1.29 is 13.6 Å². The van der Waals surface area contributed by atoms with Gasteiger partial charge in [-0.3, -0.25) is 4.79 Å². The van der Waals surface area contributed by atoms with Crippen LogP contribution in [0, 0.1) is 11.6 Å². The highest BCUT2D eigenvalue weighted by atomic mass is 32.2. The quantitative estimate of drug-likeness (QED) is 0.775. The Morgan fingerprint density at radius 2 is 1.81 bits per heavy atom. The van der Waals surface area contributed by atoms with Gasteiger partial charge in [-0.2, -0.15) is 0 Å². The lowest BCUT2D eigenvalue weighted by Crippen LogP contribution is -2.32. The van der Waals surface area contributed by atoms with Crippen LogP contribution >= 0.6 is 11.8 Å². The molecule has 0 atom stereocenters. The summed E-state index contributed by atoms with van der Waals surface area (Å²) >= 11 is 1.42. The summed E-state index contributed by atoms with van der Waals surface area (Å²) in [5, 5.41) is 0. The molecule has 2 aromatic rings. The van der Waals surface area contributed by atoms with Crippen LogP contribution in [0.25, 0.3) is 0 Å². The summed E-state index contributed by atoms with van der Waals surface area (Å²) in [4.78, 5) is 14.7. The van der Waals surface area contributed by atoms with Crippen LogP contribution in [0.3, 0.4) is 0 Å². The van der Waals surface area contributed by atoms with Crippen molar-refractivity contribution in [1.29, 1.82) is 0 Å². The van der Waals surface area contributed by atoms with Crippen LogP contribution in [0.2, 0.25) is 0 Å². The maximum atomic E-state index is 13.3. The molecule has 21 heavy (non-hydrogen) atoms. The molecule has 1 amide bonds. The van der Waals surface area contributed by atoms with Gasteiger partial charge in [-0.1, -0.05) is 18.2 Å². The van der Waals surface area contributed by atoms with Gasteiger partial charge in [0, 0.05) is 23.2 Å². The van der Waals surface area contributed by atoms with E-state index in [0.29, 0.717) is 12.2 Å². The van der Waals surface area contributed by atoms with Crippen molar-refractivity contribution in [2.24, 2.45) is 0 Å². The van der Waals surface area contributed by atoms with Crippen molar-refractivity contribution in [2.45, 2.75) is 11.8 Å². The minimum atomic E-state index is -0.950. The predicted octanol–water partition coefficient (Wildman–Crippen LogP) is 4.11. The smallest absolute Gasteiger partial charge is 0.237 e. The fourth-order valence-corrected chi connectivity index (χ4v) is 2.69. The number of benzene rings is 2.